The molecule has 1 rings (SSSR count). The smallest absolute Gasteiger partial charge is 0.171 e. The van der Waals surface area contributed by atoms with Crippen LogP contribution in [0.15, 0.2) is 0 Å². The number of aliphatic hydroxyl groups excluding tert-OH is 1. The highest BCUT2D eigenvalue weighted by molar-refractivity contribution is 5.91. The molecule has 1 N–H and O–H groups in total. The predicted molar refractivity (Wildman–Crippen MR) is 80.8 cm³/mol. The SMILES string of the molecule is CCC(CC)N(CCO)CC1C(=O)C(C)(C)OC1(C)C. The van der Waals surface area contributed by atoms with Crippen molar-refractivity contribution in [3.63, 3.8) is 0 Å². The van der Waals surface area contributed by atoms with Crippen molar-refractivity contribution in [2.75, 3.05) is 19.7 Å². The van der Waals surface area contributed by atoms with Crippen LogP contribution in [0.25, 0.3) is 0 Å². The van der Waals surface area contributed by atoms with E-state index < -0.39 is 11.2 Å². The molecule has 0 aromatic rings. The topological polar surface area (TPSA) is 49.8 Å². The summed E-state index contributed by atoms with van der Waals surface area (Å²) < 4.78 is 5.95. The van der Waals surface area contributed by atoms with E-state index in [9.17, 15) is 9.90 Å². The molecule has 1 aliphatic heterocycles. The molecule has 0 aromatic heterocycles. The molecule has 1 aliphatic rings. The van der Waals surface area contributed by atoms with Gasteiger partial charge in [0.1, 0.15) is 5.60 Å². The summed E-state index contributed by atoms with van der Waals surface area (Å²) in [7, 11) is 0. The molecular weight excluding hydrogens is 254 g/mol. The van der Waals surface area contributed by atoms with Gasteiger partial charge in [-0.2, -0.15) is 0 Å². The molecule has 4 heteroatoms. The van der Waals surface area contributed by atoms with Crippen LogP contribution < -0.4 is 0 Å². The minimum atomic E-state index is -0.701. The van der Waals surface area contributed by atoms with Crippen molar-refractivity contribution >= 4 is 5.78 Å². The van der Waals surface area contributed by atoms with Crippen molar-refractivity contribution in [1.29, 1.82) is 0 Å². The zero-order valence-electron chi connectivity index (χ0n) is 13.9. The van der Waals surface area contributed by atoms with Gasteiger partial charge >= 0.3 is 0 Å². The van der Waals surface area contributed by atoms with Crippen LogP contribution in [0, 0.1) is 5.92 Å². The number of aliphatic hydroxyl groups is 1. The highest BCUT2D eigenvalue weighted by Gasteiger charge is 2.53. The van der Waals surface area contributed by atoms with E-state index >= 15 is 0 Å². The number of nitrogens with zero attached hydrogens (tertiary/aromatic N) is 1. The van der Waals surface area contributed by atoms with Gasteiger partial charge in [-0.05, 0) is 40.5 Å². The molecule has 118 valence electrons. The Morgan fingerprint density at radius 3 is 2.15 bits per heavy atom. The van der Waals surface area contributed by atoms with Crippen LogP contribution in [0.1, 0.15) is 54.4 Å². The fraction of sp³-hybridized carbons (Fsp3) is 0.938. The molecule has 0 amide bonds. The number of Topliss-reactive ketones (excluding diaryl/α,β-unsaturated/α-hetero) is 1. The van der Waals surface area contributed by atoms with Gasteiger partial charge in [0.05, 0.1) is 18.1 Å². The Morgan fingerprint density at radius 2 is 1.80 bits per heavy atom. The summed E-state index contributed by atoms with van der Waals surface area (Å²) in [4.78, 5) is 14.8. The average Bonchev–Trinajstić information content (AvgIpc) is 2.49. The zero-order chi connectivity index (χ0) is 15.6. The van der Waals surface area contributed by atoms with Crippen molar-refractivity contribution in [3.05, 3.63) is 0 Å². The monoisotopic (exact) mass is 285 g/mol. The van der Waals surface area contributed by atoms with E-state index in [2.05, 4.69) is 18.7 Å². The van der Waals surface area contributed by atoms with Crippen molar-refractivity contribution in [1.82, 2.24) is 4.90 Å². The molecule has 0 saturated carbocycles. The summed E-state index contributed by atoms with van der Waals surface area (Å²) in [5.41, 5.74) is -1.15. The lowest BCUT2D eigenvalue weighted by Crippen LogP contribution is -2.46. The normalized spacial score (nSPS) is 24.9. The molecular formula is C16H31NO3. The lowest BCUT2D eigenvalue weighted by atomic mass is 9.85. The Balaban J connectivity index is 2.89. The number of hydrogen-bond donors (Lipinski definition) is 1. The van der Waals surface area contributed by atoms with Gasteiger partial charge in [-0.25, -0.2) is 0 Å². The molecule has 1 heterocycles. The third-order valence-corrected chi connectivity index (χ3v) is 4.53. The van der Waals surface area contributed by atoms with Crippen LogP contribution >= 0.6 is 0 Å². The number of hydrogen-bond acceptors (Lipinski definition) is 4. The summed E-state index contributed by atoms with van der Waals surface area (Å²) in [6, 6.07) is 0.412. The van der Waals surface area contributed by atoms with E-state index in [1.807, 2.05) is 27.7 Å². The summed E-state index contributed by atoms with van der Waals surface area (Å²) in [6.45, 7) is 13.4. The van der Waals surface area contributed by atoms with Crippen LogP contribution in [-0.4, -0.2) is 52.7 Å². The third kappa shape index (κ3) is 3.60. The Bertz CT molecular complexity index is 335. The first kappa shape index (κ1) is 17.6. The van der Waals surface area contributed by atoms with Gasteiger partial charge in [0, 0.05) is 19.1 Å². The molecule has 0 aliphatic carbocycles. The van der Waals surface area contributed by atoms with Crippen LogP contribution in [0.4, 0.5) is 0 Å². The second kappa shape index (κ2) is 6.54. The molecule has 1 fully saturated rings. The van der Waals surface area contributed by atoms with Crippen LogP contribution in [0.3, 0.4) is 0 Å². The maximum atomic E-state index is 12.6. The molecule has 0 spiro atoms. The number of carbonyl (C=O) groups excluding carboxylic acids is 1. The van der Waals surface area contributed by atoms with Crippen molar-refractivity contribution in [2.24, 2.45) is 5.92 Å². The molecule has 20 heavy (non-hydrogen) atoms. The highest BCUT2D eigenvalue weighted by atomic mass is 16.5. The van der Waals surface area contributed by atoms with Gasteiger partial charge < -0.3 is 9.84 Å². The number of rotatable bonds is 7. The molecule has 1 atom stereocenters. The number of carbonyl (C=O) groups is 1. The van der Waals surface area contributed by atoms with Crippen molar-refractivity contribution < 1.29 is 14.6 Å². The molecule has 1 saturated heterocycles. The predicted octanol–water partition coefficient (Wildman–Crippen LogP) is 2.24. The standard InChI is InChI=1S/C16H31NO3/c1-7-12(8-2)17(9-10-18)11-13-14(19)16(5,6)20-15(13,3)4/h12-13,18H,7-11H2,1-6H3. The quantitative estimate of drug-likeness (QED) is 0.779. The van der Waals surface area contributed by atoms with Crippen molar-refractivity contribution in [3.8, 4) is 0 Å². The summed E-state index contributed by atoms with van der Waals surface area (Å²) in [5, 5.41) is 9.29. The van der Waals surface area contributed by atoms with Gasteiger partial charge in [-0.3, -0.25) is 9.69 Å². The Morgan fingerprint density at radius 1 is 1.25 bits per heavy atom. The van der Waals surface area contributed by atoms with Gasteiger partial charge in [0.2, 0.25) is 0 Å². The minimum Gasteiger partial charge on any atom is -0.395 e. The van der Waals surface area contributed by atoms with Gasteiger partial charge in [-0.15, -0.1) is 0 Å². The lowest BCUT2D eigenvalue weighted by molar-refractivity contribution is -0.132. The second-order valence-electron chi connectivity index (χ2n) is 6.82. The van der Waals surface area contributed by atoms with E-state index in [1.165, 1.54) is 0 Å². The summed E-state index contributed by atoms with van der Waals surface area (Å²) in [5.74, 6) is 0.0426. The van der Waals surface area contributed by atoms with Crippen LogP contribution in [0.5, 0.6) is 0 Å². The Labute approximate surface area is 123 Å². The van der Waals surface area contributed by atoms with E-state index in [-0.39, 0.29) is 18.3 Å². The molecule has 0 bridgehead atoms. The lowest BCUT2D eigenvalue weighted by Gasteiger charge is -2.35. The minimum absolute atomic E-state index is 0.127. The van der Waals surface area contributed by atoms with Gasteiger partial charge in [0.15, 0.2) is 5.78 Å². The van der Waals surface area contributed by atoms with Gasteiger partial charge in [0.25, 0.3) is 0 Å². The first-order valence-electron chi connectivity index (χ1n) is 7.79. The third-order valence-electron chi connectivity index (χ3n) is 4.53. The van der Waals surface area contributed by atoms with E-state index in [0.717, 1.165) is 12.8 Å². The van der Waals surface area contributed by atoms with Crippen molar-refractivity contribution in [2.45, 2.75) is 71.6 Å². The maximum absolute atomic E-state index is 12.6. The fourth-order valence-electron chi connectivity index (χ4n) is 3.41. The first-order chi connectivity index (χ1) is 9.19. The number of ether oxygens (including phenoxy) is 1. The Kier molecular flexibility index (Phi) is 5.76. The maximum Gasteiger partial charge on any atom is 0.171 e. The Hall–Kier alpha value is -0.450. The highest BCUT2D eigenvalue weighted by Crippen LogP contribution is 2.39. The molecule has 1 unspecified atom stereocenters. The second-order valence-corrected chi connectivity index (χ2v) is 6.82. The van der Waals surface area contributed by atoms with E-state index in [0.29, 0.717) is 19.1 Å². The van der Waals surface area contributed by atoms with E-state index in [1.54, 1.807) is 0 Å². The molecule has 4 nitrogen and oxygen atoms in total. The molecule has 0 aromatic carbocycles. The average molecular weight is 285 g/mol. The van der Waals surface area contributed by atoms with Gasteiger partial charge in [-0.1, -0.05) is 13.8 Å². The number of ketones is 1. The fourth-order valence-corrected chi connectivity index (χ4v) is 3.41. The van der Waals surface area contributed by atoms with Crippen LogP contribution in [-0.2, 0) is 9.53 Å². The summed E-state index contributed by atoms with van der Waals surface area (Å²) in [6.07, 6.45) is 2.06. The van der Waals surface area contributed by atoms with Crippen LogP contribution in [0.2, 0.25) is 0 Å². The van der Waals surface area contributed by atoms with E-state index in [4.69, 9.17) is 4.74 Å². The largest absolute Gasteiger partial charge is 0.395 e. The zero-order valence-corrected chi connectivity index (χ0v) is 13.9. The summed E-state index contributed by atoms with van der Waals surface area (Å²) >= 11 is 0. The first-order valence-corrected chi connectivity index (χ1v) is 7.79. The molecule has 0 radical (unpaired) electrons.